The Bertz CT molecular complexity index is 937. The summed E-state index contributed by atoms with van der Waals surface area (Å²) in [5.74, 6) is 0.148. The summed E-state index contributed by atoms with van der Waals surface area (Å²) in [7, 11) is -3.67. The highest BCUT2D eigenvalue weighted by atomic mass is 32.2. The zero-order valence-corrected chi connectivity index (χ0v) is 13.9. The van der Waals surface area contributed by atoms with Crippen LogP contribution >= 0.6 is 0 Å². The zero-order valence-electron chi connectivity index (χ0n) is 13.0. The third kappa shape index (κ3) is 4.31. The molecular formula is C17H15N3O4S. The Morgan fingerprint density at radius 3 is 2.48 bits per heavy atom. The summed E-state index contributed by atoms with van der Waals surface area (Å²) in [6, 6.07) is 14.2. The molecule has 0 fully saturated rings. The number of pyridine rings is 1. The van der Waals surface area contributed by atoms with Gasteiger partial charge in [-0.05, 0) is 48.5 Å². The molecule has 1 amide bonds. The molecule has 7 nitrogen and oxygen atoms in total. The Kier molecular flexibility index (Phi) is 4.92. The van der Waals surface area contributed by atoms with E-state index in [9.17, 15) is 13.2 Å². The van der Waals surface area contributed by atoms with Gasteiger partial charge in [0.15, 0.2) is 0 Å². The SMILES string of the molecule is O=C(Nc1ccc(S(=O)(=O)NCc2ccco2)cc1)c1ccccn1. The molecule has 0 atom stereocenters. The molecule has 0 bridgehead atoms. The lowest BCUT2D eigenvalue weighted by molar-refractivity contribution is 0.102. The van der Waals surface area contributed by atoms with E-state index < -0.39 is 10.0 Å². The van der Waals surface area contributed by atoms with E-state index in [2.05, 4.69) is 15.0 Å². The summed E-state index contributed by atoms with van der Waals surface area (Å²) >= 11 is 0. The van der Waals surface area contributed by atoms with Gasteiger partial charge < -0.3 is 9.73 Å². The highest BCUT2D eigenvalue weighted by Gasteiger charge is 2.15. The summed E-state index contributed by atoms with van der Waals surface area (Å²) in [5.41, 5.74) is 0.750. The molecule has 0 aliphatic rings. The number of carbonyl (C=O) groups is 1. The van der Waals surface area contributed by atoms with Crippen molar-refractivity contribution in [1.82, 2.24) is 9.71 Å². The number of anilines is 1. The van der Waals surface area contributed by atoms with Crippen LogP contribution < -0.4 is 10.0 Å². The number of amides is 1. The van der Waals surface area contributed by atoms with Crippen molar-refractivity contribution < 1.29 is 17.6 Å². The highest BCUT2D eigenvalue weighted by molar-refractivity contribution is 7.89. The maximum Gasteiger partial charge on any atom is 0.274 e. The Morgan fingerprint density at radius 2 is 1.84 bits per heavy atom. The fraction of sp³-hybridized carbons (Fsp3) is 0.0588. The van der Waals surface area contributed by atoms with Crippen LogP contribution in [0.25, 0.3) is 0 Å². The minimum atomic E-state index is -3.67. The fourth-order valence-corrected chi connectivity index (χ4v) is 3.07. The van der Waals surface area contributed by atoms with Gasteiger partial charge in [0.2, 0.25) is 10.0 Å². The van der Waals surface area contributed by atoms with Gasteiger partial charge in [0.25, 0.3) is 5.91 Å². The third-order valence-corrected chi connectivity index (χ3v) is 4.75. The third-order valence-electron chi connectivity index (χ3n) is 3.34. The minimum absolute atomic E-state index is 0.0630. The van der Waals surface area contributed by atoms with Gasteiger partial charge in [0.1, 0.15) is 11.5 Å². The molecule has 3 aromatic rings. The van der Waals surface area contributed by atoms with Crippen LogP contribution in [0.3, 0.4) is 0 Å². The number of nitrogens with one attached hydrogen (secondary N) is 2. The molecule has 2 aromatic heterocycles. The van der Waals surface area contributed by atoms with E-state index in [0.717, 1.165) is 0 Å². The second-order valence-corrected chi connectivity index (χ2v) is 6.86. The molecule has 0 unspecified atom stereocenters. The minimum Gasteiger partial charge on any atom is -0.468 e. The van der Waals surface area contributed by atoms with Crippen molar-refractivity contribution in [2.24, 2.45) is 0 Å². The average Bonchev–Trinajstić information content (AvgIpc) is 3.15. The number of hydrogen-bond acceptors (Lipinski definition) is 5. The van der Waals surface area contributed by atoms with Crippen LogP contribution in [-0.4, -0.2) is 19.3 Å². The van der Waals surface area contributed by atoms with Gasteiger partial charge in [-0.3, -0.25) is 9.78 Å². The van der Waals surface area contributed by atoms with Gasteiger partial charge in [-0.15, -0.1) is 0 Å². The maximum atomic E-state index is 12.2. The smallest absolute Gasteiger partial charge is 0.274 e. The van der Waals surface area contributed by atoms with Crippen molar-refractivity contribution in [3.63, 3.8) is 0 Å². The number of aromatic nitrogens is 1. The lowest BCUT2D eigenvalue weighted by atomic mass is 10.3. The van der Waals surface area contributed by atoms with Crippen LogP contribution in [-0.2, 0) is 16.6 Å². The normalized spacial score (nSPS) is 11.2. The fourth-order valence-electron chi connectivity index (χ4n) is 2.07. The van der Waals surface area contributed by atoms with Gasteiger partial charge in [-0.25, -0.2) is 13.1 Å². The molecule has 8 heteroatoms. The van der Waals surface area contributed by atoms with E-state index >= 15 is 0 Å². The van der Waals surface area contributed by atoms with Gasteiger partial charge in [-0.2, -0.15) is 0 Å². The molecule has 3 rings (SSSR count). The van der Waals surface area contributed by atoms with E-state index in [0.29, 0.717) is 11.4 Å². The molecular weight excluding hydrogens is 342 g/mol. The van der Waals surface area contributed by atoms with E-state index in [1.54, 1.807) is 30.3 Å². The number of carbonyl (C=O) groups excluding carboxylic acids is 1. The predicted molar refractivity (Wildman–Crippen MR) is 91.4 cm³/mol. The van der Waals surface area contributed by atoms with Crippen molar-refractivity contribution in [1.29, 1.82) is 0 Å². The molecule has 1 aromatic carbocycles. The molecule has 0 radical (unpaired) electrons. The lowest BCUT2D eigenvalue weighted by Gasteiger charge is -2.08. The van der Waals surface area contributed by atoms with E-state index in [4.69, 9.17) is 4.42 Å². The molecule has 128 valence electrons. The Balaban J connectivity index is 1.66. The summed E-state index contributed by atoms with van der Waals surface area (Å²) in [6.07, 6.45) is 3.00. The van der Waals surface area contributed by atoms with Crippen molar-refractivity contribution in [2.75, 3.05) is 5.32 Å². The molecule has 25 heavy (non-hydrogen) atoms. The molecule has 0 saturated carbocycles. The zero-order chi connectivity index (χ0) is 17.7. The van der Waals surface area contributed by atoms with Crippen molar-refractivity contribution in [2.45, 2.75) is 11.4 Å². The molecule has 0 saturated heterocycles. The number of sulfonamides is 1. The molecule has 0 aliphatic heterocycles. The Morgan fingerprint density at radius 1 is 1.04 bits per heavy atom. The van der Waals surface area contributed by atoms with Crippen LogP contribution in [0.5, 0.6) is 0 Å². The first-order chi connectivity index (χ1) is 12.0. The van der Waals surface area contributed by atoms with Crippen LogP contribution in [0.15, 0.2) is 76.4 Å². The van der Waals surface area contributed by atoms with Crippen LogP contribution in [0.1, 0.15) is 16.2 Å². The molecule has 2 N–H and O–H groups in total. The standard InChI is InChI=1S/C17H15N3O4S/c21-17(16-5-1-2-10-18-16)20-13-6-8-15(9-7-13)25(22,23)19-12-14-4-3-11-24-14/h1-11,19H,12H2,(H,20,21). The van der Waals surface area contributed by atoms with Gasteiger partial charge >= 0.3 is 0 Å². The summed E-state index contributed by atoms with van der Waals surface area (Å²) in [5, 5.41) is 2.66. The van der Waals surface area contributed by atoms with E-state index in [-0.39, 0.29) is 23.0 Å². The molecule has 0 aliphatic carbocycles. The Hall–Kier alpha value is -2.97. The highest BCUT2D eigenvalue weighted by Crippen LogP contribution is 2.15. The van der Waals surface area contributed by atoms with Crippen molar-refractivity contribution in [3.05, 3.63) is 78.5 Å². The lowest BCUT2D eigenvalue weighted by Crippen LogP contribution is -2.23. The van der Waals surface area contributed by atoms with Gasteiger partial charge in [0, 0.05) is 11.9 Å². The molecule has 2 heterocycles. The van der Waals surface area contributed by atoms with Crippen LogP contribution in [0, 0.1) is 0 Å². The number of benzene rings is 1. The maximum absolute atomic E-state index is 12.2. The van der Waals surface area contributed by atoms with E-state index in [1.807, 2.05) is 0 Å². The summed E-state index contributed by atoms with van der Waals surface area (Å²) in [4.78, 5) is 16.1. The van der Waals surface area contributed by atoms with Gasteiger partial charge in [0.05, 0.1) is 17.7 Å². The largest absolute Gasteiger partial charge is 0.468 e. The number of furan rings is 1. The predicted octanol–water partition coefficient (Wildman–Crippen LogP) is 2.41. The summed E-state index contributed by atoms with van der Waals surface area (Å²) < 4.78 is 32.0. The average molecular weight is 357 g/mol. The van der Waals surface area contributed by atoms with Crippen molar-refractivity contribution in [3.8, 4) is 0 Å². The quantitative estimate of drug-likeness (QED) is 0.705. The number of hydrogen-bond donors (Lipinski definition) is 2. The van der Waals surface area contributed by atoms with Crippen LogP contribution in [0.4, 0.5) is 5.69 Å². The topological polar surface area (TPSA) is 101 Å². The first-order valence-electron chi connectivity index (χ1n) is 7.39. The van der Waals surface area contributed by atoms with Crippen LogP contribution in [0.2, 0.25) is 0 Å². The van der Waals surface area contributed by atoms with E-state index in [1.165, 1.54) is 36.7 Å². The monoisotopic (exact) mass is 357 g/mol. The first kappa shape index (κ1) is 16.9. The first-order valence-corrected chi connectivity index (χ1v) is 8.87. The summed E-state index contributed by atoms with van der Waals surface area (Å²) in [6.45, 7) is 0.0630. The van der Waals surface area contributed by atoms with Gasteiger partial charge in [-0.1, -0.05) is 6.07 Å². The second kappa shape index (κ2) is 7.29. The second-order valence-electron chi connectivity index (χ2n) is 5.10. The van der Waals surface area contributed by atoms with Crippen molar-refractivity contribution >= 4 is 21.6 Å². The molecule has 0 spiro atoms. The number of nitrogens with zero attached hydrogens (tertiary/aromatic N) is 1. The number of rotatable bonds is 6. The Labute approximate surface area is 144 Å².